The maximum atomic E-state index is 9.54. The fourth-order valence-electron chi connectivity index (χ4n) is 1.50. The zero-order valence-electron chi connectivity index (χ0n) is 7.05. The van der Waals surface area contributed by atoms with Gasteiger partial charge in [0.25, 0.3) is 0 Å². The van der Waals surface area contributed by atoms with E-state index in [9.17, 15) is 5.11 Å². The molecule has 3 N–H and O–H groups in total. The van der Waals surface area contributed by atoms with Crippen LogP contribution in [0.25, 0.3) is 0 Å². The Morgan fingerprint density at radius 3 is 2.91 bits per heavy atom. The van der Waals surface area contributed by atoms with Gasteiger partial charge in [-0.3, -0.25) is 0 Å². The van der Waals surface area contributed by atoms with Gasteiger partial charge in [0.15, 0.2) is 0 Å². The van der Waals surface area contributed by atoms with Crippen molar-refractivity contribution >= 4 is 0 Å². The zero-order chi connectivity index (χ0) is 8.32. The molecule has 0 aromatic rings. The molecule has 1 fully saturated rings. The summed E-state index contributed by atoms with van der Waals surface area (Å²) in [5.41, 5.74) is 5.28. The van der Waals surface area contributed by atoms with Crippen molar-refractivity contribution in [2.45, 2.75) is 25.9 Å². The van der Waals surface area contributed by atoms with E-state index in [1.54, 1.807) is 0 Å². The average molecular weight is 159 g/mol. The predicted octanol–water partition coefficient (Wildman–Crippen LogP) is 0.123. The lowest BCUT2D eigenvalue weighted by atomic mass is 9.79. The van der Waals surface area contributed by atoms with E-state index < -0.39 is 6.10 Å². The van der Waals surface area contributed by atoms with Gasteiger partial charge < -0.3 is 15.6 Å². The van der Waals surface area contributed by atoms with Crippen LogP contribution in [0, 0.1) is 5.41 Å². The molecule has 0 amide bonds. The zero-order valence-corrected chi connectivity index (χ0v) is 7.05. The fraction of sp³-hybridized carbons (Fsp3) is 1.00. The monoisotopic (exact) mass is 159 g/mol. The van der Waals surface area contributed by atoms with E-state index in [4.69, 9.17) is 10.5 Å². The minimum absolute atomic E-state index is 0.104. The summed E-state index contributed by atoms with van der Waals surface area (Å²) in [5, 5.41) is 9.54. The van der Waals surface area contributed by atoms with Crippen LogP contribution in [-0.2, 0) is 4.74 Å². The van der Waals surface area contributed by atoms with Gasteiger partial charge >= 0.3 is 0 Å². The van der Waals surface area contributed by atoms with E-state index in [2.05, 4.69) is 0 Å². The first-order valence-corrected chi connectivity index (χ1v) is 4.15. The number of hydrogen-bond donors (Lipinski definition) is 2. The van der Waals surface area contributed by atoms with Gasteiger partial charge in [0.1, 0.15) is 0 Å². The summed E-state index contributed by atoms with van der Waals surface area (Å²) in [7, 11) is 0. The average Bonchev–Trinajstić information content (AvgIpc) is 2.04. The standard InChI is InChI=1S/C8H17NO2/c1-8(7(10)5-9)3-2-4-11-6-8/h7,10H,2-6,9H2,1H3. The molecule has 3 nitrogen and oxygen atoms in total. The fourth-order valence-corrected chi connectivity index (χ4v) is 1.50. The van der Waals surface area contributed by atoms with E-state index in [-0.39, 0.29) is 5.41 Å². The quantitative estimate of drug-likeness (QED) is 0.602. The largest absolute Gasteiger partial charge is 0.391 e. The third-order valence-corrected chi connectivity index (χ3v) is 2.50. The molecule has 0 spiro atoms. The second kappa shape index (κ2) is 3.52. The number of aliphatic hydroxyl groups excluding tert-OH is 1. The number of rotatable bonds is 2. The van der Waals surface area contributed by atoms with Crippen LogP contribution in [-0.4, -0.2) is 31.0 Å². The normalized spacial score (nSPS) is 35.2. The van der Waals surface area contributed by atoms with Crippen LogP contribution >= 0.6 is 0 Å². The second-order valence-electron chi connectivity index (χ2n) is 3.56. The summed E-state index contributed by atoms with van der Waals surface area (Å²) < 4.78 is 5.29. The van der Waals surface area contributed by atoms with Gasteiger partial charge in [0, 0.05) is 18.6 Å². The Morgan fingerprint density at radius 1 is 1.73 bits per heavy atom. The van der Waals surface area contributed by atoms with Crippen LogP contribution in [0.15, 0.2) is 0 Å². The summed E-state index contributed by atoms with van der Waals surface area (Å²) in [6.45, 7) is 3.84. The van der Waals surface area contributed by atoms with Crippen LogP contribution in [0.4, 0.5) is 0 Å². The Balaban J connectivity index is 2.49. The van der Waals surface area contributed by atoms with Crippen molar-refractivity contribution < 1.29 is 9.84 Å². The van der Waals surface area contributed by atoms with Crippen molar-refractivity contribution in [2.24, 2.45) is 11.1 Å². The predicted molar refractivity (Wildman–Crippen MR) is 43.2 cm³/mol. The molecule has 0 aromatic carbocycles. The van der Waals surface area contributed by atoms with Gasteiger partial charge in [-0.2, -0.15) is 0 Å². The smallest absolute Gasteiger partial charge is 0.0737 e. The van der Waals surface area contributed by atoms with E-state index in [0.29, 0.717) is 13.2 Å². The Labute approximate surface area is 67.5 Å². The molecule has 1 aliphatic heterocycles. The number of aliphatic hydroxyl groups is 1. The van der Waals surface area contributed by atoms with Crippen LogP contribution in [0.2, 0.25) is 0 Å². The number of ether oxygens (including phenoxy) is 1. The molecule has 1 saturated heterocycles. The molecule has 66 valence electrons. The lowest BCUT2D eigenvalue weighted by Crippen LogP contribution is -2.43. The molecule has 2 atom stereocenters. The van der Waals surface area contributed by atoms with Crippen molar-refractivity contribution in [1.29, 1.82) is 0 Å². The van der Waals surface area contributed by atoms with Crippen LogP contribution in [0.1, 0.15) is 19.8 Å². The first-order chi connectivity index (χ1) is 5.19. The molecule has 0 radical (unpaired) electrons. The molecule has 0 saturated carbocycles. The van der Waals surface area contributed by atoms with Gasteiger partial charge in [0.05, 0.1) is 12.7 Å². The highest BCUT2D eigenvalue weighted by Crippen LogP contribution is 2.30. The van der Waals surface area contributed by atoms with Crippen molar-refractivity contribution in [2.75, 3.05) is 19.8 Å². The maximum absolute atomic E-state index is 9.54. The Bertz CT molecular complexity index is 121. The lowest BCUT2D eigenvalue weighted by molar-refractivity contribution is -0.0670. The molecule has 0 aliphatic carbocycles. The molecular formula is C8H17NO2. The third-order valence-electron chi connectivity index (χ3n) is 2.50. The minimum atomic E-state index is -0.414. The van der Waals surface area contributed by atoms with Crippen molar-refractivity contribution in [3.05, 3.63) is 0 Å². The molecule has 1 heterocycles. The Kier molecular flexibility index (Phi) is 2.87. The van der Waals surface area contributed by atoms with Crippen LogP contribution < -0.4 is 5.73 Å². The highest BCUT2D eigenvalue weighted by Gasteiger charge is 2.34. The summed E-state index contributed by atoms with van der Waals surface area (Å²) in [4.78, 5) is 0. The molecule has 0 aromatic heterocycles. The lowest BCUT2D eigenvalue weighted by Gasteiger charge is -2.36. The minimum Gasteiger partial charge on any atom is -0.391 e. The number of hydrogen-bond acceptors (Lipinski definition) is 3. The van der Waals surface area contributed by atoms with Crippen molar-refractivity contribution in [3.8, 4) is 0 Å². The molecule has 11 heavy (non-hydrogen) atoms. The molecule has 2 unspecified atom stereocenters. The topological polar surface area (TPSA) is 55.5 Å². The van der Waals surface area contributed by atoms with E-state index in [1.165, 1.54) is 0 Å². The molecule has 1 aliphatic rings. The van der Waals surface area contributed by atoms with Gasteiger partial charge in [-0.1, -0.05) is 6.92 Å². The summed E-state index contributed by atoms with van der Waals surface area (Å²) in [5.74, 6) is 0. The van der Waals surface area contributed by atoms with Gasteiger partial charge in [-0.25, -0.2) is 0 Å². The van der Waals surface area contributed by atoms with Crippen LogP contribution in [0.3, 0.4) is 0 Å². The highest BCUT2D eigenvalue weighted by atomic mass is 16.5. The third kappa shape index (κ3) is 1.92. The van der Waals surface area contributed by atoms with E-state index in [1.807, 2.05) is 6.92 Å². The van der Waals surface area contributed by atoms with Crippen LogP contribution in [0.5, 0.6) is 0 Å². The molecule has 3 heteroatoms. The van der Waals surface area contributed by atoms with Crippen molar-refractivity contribution in [3.63, 3.8) is 0 Å². The van der Waals surface area contributed by atoms with Gasteiger partial charge in [-0.05, 0) is 12.8 Å². The number of nitrogens with two attached hydrogens (primary N) is 1. The summed E-state index contributed by atoms with van der Waals surface area (Å²) in [6, 6.07) is 0. The van der Waals surface area contributed by atoms with Gasteiger partial charge in [-0.15, -0.1) is 0 Å². The van der Waals surface area contributed by atoms with E-state index in [0.717, 1.165) is 19.4 Å². The highest BCUT2D eigenvalue weighted by molar-refractivity contribution is 4.84. The molecule has 0 bridgehead atoms. The summed E-state index contributed by atoms with van der Waals surface area (Å²) >= 11 is 0. The summed E-state index contributed by atoms with van der Waals surface area (Å²) in [6.07, 6.45) is 1.64. The maximum Gasteiger partial charge on any atom is 0.0737 e. The van der Waals surface area contributed by atoms with Gasteiger partial charge in [0.2, 0.25) is 0 Å². The SMILES string of the molecule is CC1(C(O)CN)CCCOC1. The van der Waals surface area contributed by atoms with Crippen molar-refractivity contribution in [1.82, 2.24) is 0 Å². The Morgan fingerprint density at radius 2 is 2.45 bits per heavy atom. The Hall–Kier alpha value is -0.120. The molecule has 1 rings (SSSR count). The van der Waals surface area contributed by atoms with E-state index >= 15 is 0 Å². The first-order valence-electron chi connectivity index (χ1n) is 4.15. The second-order valence-corrected chi connectivity index (χ2v) is 3.56. The molecular weight excluding hydrogens is 142 g/mol. The first kappa shape index (κ1) is 8.97.